The maximum absolute atomic E-state index is 13.3. The zero-order chi connectivity index (χ0) is 27.9. The van der Waals surface area contributed by atoms with E-state index < -0.39 is 54.9 Å². The number of hydrogen-bond donors (Lipinski definition) is 1. The average Bonchev–Trinajstić information content (AvgIpc) is 3.11. The summed E-state index contributed by atoms with van der Waals surface area (Å²) < 4.78 is 23.1. The van der Waals surface area contributed by atoms with Crippen molar-refractivity contribution < 1.29 is 38.4 Å². The summed E-state index contributed by atoms with van der Waals surface area (Å²) in [6.07, 6.45) is -0.138. The normalized spacial score (nSPS) is 29.1. The van der Waals surface area contributed by atoms with Crippen molar-refractivity contribution in [3.05, 3.63) is 34.9 Å². The van der Waals surface area contributed by atoms with Gasteiger partial charge in [0.25, 0.3) is 0 Å². The Hall–Kier alpha value is -2.81. The highest BCUT2D eigenvalue weighted by Crippen LogP contribution is 2.67. The lowest BCUT2D eigenvalue weighted by atomic mass is 9.60. The summed E-state index contributed by atoms with van der Waals surface area (Å²) in [5.74, 6) is -2.16. The predicted molar refractivity (Wildman–Crippen MR) is 142 cm³/mol. The van der Waals surface area contributed by atoms with Crippen LogP contribution in [0.25, 0.3) is 0 Å². The van der Waals surface area contributed by atoms with Crippen molar-refractivity contribution in [2.45, 2.75) is 83.8 Å². The van der Waals surface area contributed by atoms with Crippen molar-refractivity contribution >= 4 is 26.0 Å². The van der Waals surface area contributed by atoms with Gasteiger partial charge in [-0.1, -0.05) is 25.7 Å². The molecule has 0 amide bonds. The first-order valence-electron chi connectivity index (χ1n) is 12.7. The van der Waals surface area contributed by atoms with Crippen LogP contribution in [-0.4, -0.2) is 57.0 Å². The van der Waals surface area contributed by atoms with E-state index in [0.717, 1.165) is 11.6 Å². The van der Waals surface area contributed by atoms with E-state index in [1.54, 1.807) is 13.0 Å². The fourth-order valence-electron chi connectivity index (χ4n) is 6.50. The van der Waals surface area contributed by atoms with E-state index in [0.29, 0.717) is 35.5 Å². The first-order chi connectivity index (χ1) is 17.1. The molecule has 1 saturated carbocycles. The zero-order valence-electron chi connectivity index (χ0n) is 23.4. The number of esters is 2. The maximum Gasteiger partial charge on any atom is 0.318 e. The topological polar surface area (TPSA) is 108 Å². The van der Waals surface area contributed by atoms with E-state index in [2.05, 4.69) is 19.6 Å². The fourth-order valence-corrected chi connectivity index (χ4v) is 7.62. The summed E-state index contributed by atoms with van der Waals surface area (Å²) in [6.45, 7) is 13.0. The lowest BCUT2D eigenvalue weighted by Gasteiger charge is -2.50. The number of carbonyl (C=O) groups excluding carboxylic acids is 2. The molecule has 2 bridgehead atoms. The van der Waals surface area contributed by atoms with Crippen molar-refractivity contribution in [3.8, 4) is 11.5 Å². The van der Waals surface area contributed by atoms with E-state index in [1.165, 1.54) is 28.1 Å². The number of ether oxygens (including phenoxy) is 4. The van der Waals surface area contributed by atoms with Gasteiger partial charge in [0, 0.05) is 39.8 Å². The number of rotatable bonds is 9. The standard InChI is InChI=1S/C28H40O8Si/c1-16-17(2)28(26(31)32)23(20-12-21(33-5)14-22(13-20)34-6)15-24(25(28)35-18(3)29)27(16,36-19(4)30)10-11-37(7,8)9/h12-14,23-25H,10-11,15H2,1-9H3,(H,31,32). The molecule has 0 saturated heterocycles. The molecular formula is C28H40O8Si. The summed E-state index contributed by atoms with van der Waals surface area (Å²) in [4.78, 5) is 38.3. The maximum atomic E-state index is 13.3. The van der Waals surface area contributed by atoms with Gasteiger partial charge in [-0.3, -0.25) is 14.4 Å². The third-order valence-corrected chi connectivity index (χ3v) is 10.0. The molecule has 8 nitrogen and oxygen atoms in total. The van der Waals surface area contributed by atoms with Gasteiger partial charge in [-0.15, -0.1) is 0 Å². The second kappa shape index (κ2) is 10.2. The minimum absolute atomic E-state index is 0.341. The molecule has 0 aromatic heterocycles. The number of carboxylic acids is 1. The molecule has 5 unspecified atom stereocenters. The van der Waals surface area contributed by atoms with Crippen molar-refractivity contribution in [3.63, 3.8) is 0 Å². The van der Waals surface area contributed by atoms with Crippen LogP contribution in [0.1, 0.15) is 52.0 Å². The number of methoxy groups -OCH3 is 2. The summed E-state index contributed by atoms with van der Waals surface area (Å²) in [6, 6.07) is 6.20. The molecule has 0 spiro atoms. The van der Waals surface area contributed by atoms with Gasteiger partial charge in [-0.05, 0) is 55.5 Å². The molecule has 3 rings (SSSR count). The summed E-state index contributed by atoms with van der Waals surface area (Å²) in [5, 5.41) is 10.9. The van der Waals surface area contributed by atoms with Crippen LogP contribution in [0.5, 0.6) is 11.5 Å². The second-order valence-corrected chi connectivity index (χ2v) is 17.2. The van der Waals surface area contributed by atoms with Gasteiger partial charge in [0.2, 0.25) is 0 Å². The van der Waals surface area contributed by atoms with Crippen molar-refractivity contribution in [1.82, 2.24) is 0 Å². The molecule has 5 atom stereocenters. The summed E-state index contributed by atoms with van der Waals surface area (Å²) >= 11 is 0. The van der Waals surface area contributed by atoms with Crippen LogP contribution in [0.3, 0.4) is 0 Å². The van der Waals surface area contributed by atoms with Crippen LogP contribution in [0, 0.1) is 11.3 Å². The minimum Gasteiger partial charge on any atom is -0.497 e. The number of carboxylic acid groups (broad SMARTS) is 1. The first-order valence-corrected chi connectivity index (χ1v) is 16.4. The molecule has 0 aliphatic heterocycles. The van der Waals surface area contributed by atoms with Gasteiger partial charge in [0.1, 0.15) is 28.6 Å². The van der Waals surface area contributed by atoms with Crippen molar-refractivity contribution in [1.29, 1.82) is 0 Å². The molecule has 1 aromatic carbocycles. The Bertz CT molecular complexity index is 1100. The Morgan fingerprint density at radius 3 is 1.97 bits per heavy atom. The molecule has 0 heterocycles. The quantitative estimate of drug-likeness (QED) is 0.263. The first kappa shape index (κ1) is 28.8. The van der Waals surface area contributed by atoms with Crippen LogP contribution in [0.4, 0.5) is 0 Å². The van der Waals surface area contributed by atoms with Crippen LogP contribution in [-0.2, 0) is 23.9 Å². The van der Waals surface area contributed by atoms with Gasteiger partial charge < -0.3 is 24.1 Å². The highest BCUT2D eigenvalue weighted by Gasteiger charge is 2.72. The molecule has 9 heteroatoms. The average molecular weight is 533 g/mol. The SMILES string of the molecule is COc1cc(OC)cc(C2CC3C(OC(C)=O)C2(C(=O)O)C(C)=C(C)C3(CC[Si](C)(C)C)OC(C)=O)c1. The number of benzene rings is 1. The third-order valence-electron chi connectivity index (χ3n) is 8.27. The Balaban J connectivity index is 2.36. The van der Waals surface area contributed by atoms with Gasteiger partial charge in [0.05, 0.1) is 14.2 Å². The lowest BCUT2D eigenvalue weighted by Crippen LogP contribution is -2.58. The minimum atomic E-state index is -1.59. The zero-order valence-corrected chi connectivity index (χ0v) is 24.4. The van der Waals surface area contributed by atoms with Gasteiger partial charge in [-0.2, -0.15) is 0 Å². The predicted octanol–water partition coefficient (Wildman–Crippen LogP) is 5.19. The molecule has 1 N–H and O–H groups in total. The molecule has 37 heavy (non-hydrogen) atoms. The molecule has 2 aliphatic carbocycles. The molecule has 2 aliphatic rings. The van der Waals surface area contributed by atoms with Crippen LogP contribution >= 0.6 is 0 Å². The fraction of sp³-hybridized carbons (Fsp3) is 0.607. The van der Waals surface area contributed by atoms with E-state index in [-0.39, 0.29) is 0 Å². The van der Waals surface area contributed by atoms with Crippen LogP contribution < -0.4 is 9.47 Å². The monoisotopic (exact) mass is 532 g/mol. The smallest absolute Gasteiger partial charge is 0.318 e. The third kappa shape index (κ3) is 4.90. The van der Waals surface area contributed by atoms with Crippen LogP contribution in [0.2, 0.25) is 25.7 Å². The summed E-state index contributed by atoms with van der Waals surface area (Å²) in [5.41, 5.74) is -0.625. The highest BCUT2D eigenvalue weighted by atomic mass is 28.3. The van der Waals surface area contributed by atoms with E-state index >= 15 is 0 Å². The van der Waals surface area contributed by atoms with Crippen LogP contribution in [0.15, 0.2) is 29.3 Å². The Morgan fingerprint density at radius 1 is 0.973 bits per heavy atom. The number of aliphatic carboxylic acids is 1. The summed E-state index contributed by atoms with van der Waals surface area (Å²) in [7, 11) is 1.49. The van der Waals surface area contributed by atoms with Crippen molar-refractivity contribution in [2.75, 3.05) is 14.2 Å². The Morgan fingerprint density at radius 2 is 1.54 bits per heavy atom. The Labute approximate surface area is 220 Å². The molecule has 1 fully saturated rings. The number of fused-ring (bicyclic) bond motifs is 2. The van der Waals surface area contributed by atoms with Crippen molar-refractivity contribution in [2.24, 2.45) is 11.3 Å². The molecule has 1 aromatic rings. The number of carbonyl (C=O) groups is 3. The van der Waals surface area contributed by atoms with Gasteiger partial charge in [0.15, 0.2) is 0 Å². The molecule has 0 radical (unpaired) electrons. The number of hydrogen-bond acceptors (Lipinski definition) is 7. The lowest BCUT2D eigenvalue weighted by molar-refractivity contribution is -0.181. The molecular weight excluding hydrogens is 492 g/mol. The molecule has 204 valence electrons. The second-order valence-electron chi connectivity index (χ2n) is 11.5. The Kier molecular flexibility index (Phi) is 7.89. The largest absolute Gasteiger partial charge is 0.497 e. The van der Waals surface area contributed by atoms with E-state index in [9.17, 15) is 19.5 Å². The van der Waals surface area contributed by atoms with E-state index in [4.69, 9.17) is 18.9 Å². The van der Waals surface area contributed by atoms with E-state index in [1.807, 2.05) is 19.1 Å². The van der Waals surface area contributed by atoms with Gasteiger partial charge >= 0.3 is 17.9 Å². The van der Waals surface area contributed by atoms with Gasteiger partial charge in [-0.25, -0.2) is 0 Å². The highest BCUT2D eigenvalue weighted by molar-refractivity contribution is 6.76.